The lowest BCUT2D eigenvalue weighted by Gasteiger charge is -2.17. The number of aromatic nitrogens is 1. The number of nitrogens with zero attached hydrogens (tertiary/aromatic N) is 2. The van der Waals surface area contributed by atoms with Crippen LogP contribution in [0.5, 0.6) is 0 Å². The van der Waals surface area contributed by atoms with Crippen LogP contribution < -0.4 is 10.2 Å². The van der Waals surface area contributed by atoms with E-state index < -0.39 is 0 Å². The number of rotatable bonds is 1. The van der Waals surface area contributed by atoms with Gasteiger partial charge in [0, 0.05) is 19.6 Å². The predicted molar refractivity (Wildman–Crippen MR) is 78.8 cm³/mol. The van der Waals surface area contributed by atoms with Gasteiger partial charge in [-0.25, -0.2) is 4.98 Å². The Balaban J connectivity index is 1.99. The fourth-order valence-corrected chi connectivity index (χ4v) is 3.72. The molecule has 2 heterocycles. The standard InChI is InChI=1S/C14H19N3S/c1-10-8-11(2)13-12(9-10)18-14(16-13)17-6-3-4-15-5-7-17/h8-9,15H,3-7H2,1-2H3. The lowest BCUT2D eigenvalue weighted by Crippen LogP contribution is -2.27. The number of hydrogen-bond acceptors (Lipinski definition) is 4. The second-order valence-corrected chi connectivity index (χ2v) is 6.02. The van der Waals surface area contributed by atoms with Gasteiger partial charge in [0.25, 0.3) is 0 Å². The Morgan fingerprint density at radius 2 is 2.11 bits per heavy atom. The number of anilines is 1. The number of nitrogens with one attached hydrogen (secondary N) is 1. The minimum atomic E-state index is 1.06. The van der Waals surface area contributed by atoms with Gasteiger partial charge in [-0.1, -0.05) is 17.4 Å². The summed E-state index contributed by atoms with van der Waals surface area (Å²) < 4.78 is 1.32. The van der Waals surface area contributed by atoms with E-state index >= 15 is 0 Å². The molecule has 1 aliphatic heterocycles. The first kappa shape index (κ1) is 11.9. The molecule has 3 nitrogen and oxygen atoms in total. The van der Waals surface area contributed by atoms with E-state index in [0.717, 1.165) is 26.2 Å². The summed E-state index contributed by atoms with van der Waals surface area (Å²) in [4.78, 5) is 7.25. The van der Waals surface area contributed by atoms with Crippen molar-refractivity contribution in [2.24, 2.45) is 0 Å². The van der Waals surface area contributed by atoms with Gasteiger partial charge in [0.15, 0.2) is 5.13 Å². The monoisotopic (exact) mass is 261 g/mol. The lowest BCUT2D eigenvalue weighted by atomic mass is 10.1. The molecular formula is C14H19N3S. The molecule has 3 rings (SSSR count). The molecule has 1 saturated heterocycles. The highest BCUT2D eigenvalue weighted by atomic mass is 32.1. The summed E-state index contributed by atoms with van der Waals surface area (Å²) in [6, 6.07) is 4.47. The summed E-state index contributed by atoms with van der Waals surface area (Å²) in [6.07, 6.45) is 1.20. The maximum absolute atomic E-state index is 4.84. The van der Waals surface area contributed by atoms with Crippen LogP contribution in [0.15, 0.2) is 12.1 Å². The maximum atomic E-state index is 4.84. The summed E-state index contributed by atoms with van der Waals surface area (Å²) >= 11 is 1.83. The van der Waals surface area contributed by atoms with Crippen LogP contribution in [-0.4, -0.2) is 31.2 Å². The zero-order chi connectivity index (χ0) is 12.5. The topological polar surface area (TPSA) is 28.2 Å². The fraction of sp³-hybridized carbons (Fsp3) is 0.500. The second-order valence-electron chi connectivity index (χ2n) is 5.02. The highest BCUT2D eigenvalue weighted by Crippen LogP contribution is 2.31. The van der Waals surface area contributed by atoms with Crippen LogP contribution in [0.3, 0.4) is 0 Å². The van der Waals surface area contributed by atoms with Gasteiger partial charge in [0.2, 0.25) is 0 Å². The molecule has 0 amide bonds. The van der Waals surface area contributed by atoms with E-state index in [9.17, 15) is 0 Å². The van der Waals surface area contributed by atoms with Crippen molar-refractivity contribution in [3.8, 4) is 0 Å². The highest BCUT2D eigenvalue weighted by molar-refractivity contribution is 7.22. The van der Waals surface area contributed by atoms with Gasteiger partial charge in [0.05, 0.1) is 10.2 Å². The molecule has 0 saturated carbocycles. The Kier molecular flexibility index (Phi) is 3.22. The third-order valence-corrected chi connectivity index (χ3v) is 4.49. The number of hydrogen-bond donors (Lipinski definition) is 1. The summed E-state index contributed by atoms with van der Waals surface area (Å²) in [5.41, 5.74) is 3.80. The molecule has 1 fully saturated rings. The van der Waals surface area contributed by atoms with Gasteiger partial charge in [-0.05, 0) is 44.0 Å². The molecule has 18 heavy (non-hydrogen) atoms. The summed E-state index contributed by atoms with van der Waals surface area (Å²) in [7, 11) is 0. The lowest BCUT2D eigenvalue weighted by molar-refractivity contribution is 0.724. The van der Waals surface area contributed by atoms with Crippen molar-refractivity contribution in [3.63, 3.8) is 0 Å². The van der Waals surface area contributed by atoms with Crippen molar-refractivity contribution in [1.29, 1.82) is 0 Å². The van der Waals surface area contributed by atoms with Crippen molar-refractivity contribution in [1.82, 2.24) is 10.3 Å². The third kappa shape index (κ3) is 2.22. The Bertz CT molecular complexity index is 553. The normalized spacial score (nSPS) is 17.1. The van der Waals surface area contributed by atoms with Crippen LogP contribution in [0.4, 0.5) is 5.13 Å². The van der Waals surface area contributed by atoms with Crippen LogP contribution in [0, 0.1) is 13.8 Å². The van der Waals surface area contributed by atoms with Crippen LogP contribution in [-0.2, 0) is 0 Å². The molecule has 0 radical (unpaired) electrons. The predicted octanol–water partition coefficient (Wildman–Crippen LogP) is 2.71. The van der Waals surface area contributed by atoms with Gasteiger partial charge in [-0.3, -0.25) is 0 Å². The minimum absolute atomic E-state index is 1.06. The molecule has 0 atom stereocenters. The van der Waals surface area contributed by atoms with E-state index in [4.69, 9.17) is 4.98 Å². The largest absolute Gasteiger partial charge is 0.347 e. The second kappa shape index (κ2) is 4.86. The molecule has 96 valence electrons. The fourth-order valence-electron chi connectivity index (χ4n) is 2.53. The molecule has 2 aromatic rings. The van der Waals surface area contributed by atoms with E-state index in [-0.39, 0.29) is 0 Å². The van der Waals surface area contributed by atoms with Crippen molar-refractivity contribution in [2.75, 3.05) is 31.1 Å². The molecule has 0 spiro atoms. The van der Waals surface area contributed by atoms with Gasteiger partial charge in [-0.15, -0.1) is 0 Å². The van der Waals surface area contributed by atoms with Crippen LogP contribution in [0.2, 0.25) is 0 Å². The molecule has 0 bridgehead atoms. The Morgan fingerprint density at radius 1 is 1.22 bits per heavy atom. The summed E-state index contributed by atoms with van der Waals surface area (Å²) in [6.45, 7) is 8.68. The van der Waals surface area contributed by atoms with Gasteiger partial charge < -0.3 is 10.2 Å². The van der Waals surface area contributed by atoms with Crippen LogP contribution in [0.1, 0.15) is 17.5 Å². The average Bonchev–Trinajstić information content (AvgIpc) is 2.59. The summed E-state index contributed by atoms with van der Waals surface area (Å²) in [5, 5.41) is 4.62. The molecule has 1 N–H and O–H groups in total. The average molecular weight is 261 g/mol. The number of thiazole rings is 1. The quantitative estimate of drug-likeness (QED) is 0.855. The molecule has 1 aliphatic rings. The first-order valence-corrected chi connectivity index (χ1v) is 7.39. The zero-order valence-corrected chi connectivity index (χ0v) is 11.8. The molecule has 4 heteroatoms. The molecule has 0 aliphatic carbocycles. The van der Waals surface area contributed by atoms with Gasteiger partial charge in [-0.2, -0.15) is 0 Å². The molecular weight excluding hydrogens is 242 g/mol. The van der Waals surface area contributed by atoms with E-state index in [1.54, 1.807) is 0 Å². The number of benzene rings is 1. The van der Waals surface area contributed by atoms with E-state index in [1.165, 1.54) is 32.9 Å². The van der Waals surface area contributed by atoms with Crippen molar-refractivity contribution in [2.45, 2.75) is 20.3 Å². The Labute approximate surface area is 112 Å². The van der Waals surface area contributed by atoms with E-state index in [1.807, 2.05) is 11.3 Å². The van der Waals surface area contributed by atoms with Crippen molar-refractivity contribution < 1.29 is 0 Å². The first-order chi connectivity index (χ1) is 8.74. The smallest absolute Gasteiger partial charge is 0.186 e. The van der Waals surface area contributed by atoms with E-state index in [0.29, 0.717) is 0 Å². The first-order valence-electron chi connectivity index (χ1n) is 6.57. The number of fused-ring (bicyclic) bond motifs is 1. The van der Waals surface area contributed by atoms with Crippen molar-refractivity contribution >= 4 is 26.7 Å². The summed E-state index contributed by atoms with van der Waals surface area (Å²) in [5.74, 6) is 0. The minimum Gasteiger partial charge on any atom is -0.347 e. The number of aryl methyl sites for hydroxylation is 2. The zero-order valence-electron chi connectivity index (χ0n) is 11.0. The third-order valence-electron chi connectivity index (χ3n) is 3.43. The Morgan fingerprint density at radius 3 is 3.00 bits per heavy atom. The molecule has 1 aromatic heterocycles. The SMILES string of the molecule is Cc1cc(C)c2nc(N3CCCNCC3)sc2c1. The Hall–Kier alpha value is -1.13. The highest BCUT2D eigenvalue weighted by Gasteiger charge is 2.14. The van der Waals surface area contributed by atoms with Crippen LogP contribution >= 0.6 is 11.3 Å². The molecule has 0 unspecified atom stereocenters. The van der Waals surface area contributed by atoms with Crippen LogP contribution in [0.25, 0.3) is 10.2 Å². The van der Waals surface area contributed by atoms with E-state index in [2.05, 4.69) is 36.2 Å². The van der Waals surface area contributed by atoms with Gasteiger partial charge >= 0.3 is 0 Å². The van der Waals surface area contributed by atoms with Gasteiger partial charge in [0.1, 0.15) is 0 Å². The molecule has 1 aromatic carbocycles. The maximum Gasteiger partial charge on any atom is 0.186 e. The van der Waals surface area contributed by atoms with Crippen molar-refractivity contribution in [3.05, 3.63) is 23.3 Å².